The lowest BCUT2D eigenvalue weighted by molar-refractivity contribution is -0.135. The van der Waals surface area contributed by atoms with Gasteiger partial charge < -0.3 is 10.0 Å². The summed E-state index contributed by atoms with van der Waals surface area (Å²) < 4.78 is 0. The topological polar surface area (TPSA) is 40.5 Å². The van der Waals surface area contributed by atoms with E-state index >= 15 is 0 Å². The van der Waals surface area contributed by atoms with Gasteiger partial charge in [-0.1, -0.05) is 25.5 Å². The van der Waals surface area contributed by atoms with Gasteiger partial charge in [-0.3, -0.25) is 4.79 Å². The molecule has 1 amide bonds. The summed E-state index contributed by atoms with van der Waals surface area (Å²) >= 11 is 0. The zero-order valence-corrected chi connectivity index (χ0v) is 11.9. The molecule has 1 heterocycles. The minimum atomic E-state index is -0.213. The summed E-state index contributed by atoms with van der Waals surface area (Å²) in [6.07, 6.45) is 3.48. The van der Waals surface area contributed by atoms with Crippen LogP contribution in [-0.2, 0) is 4.79 Å². The molecule has 0 radical (unpaired) electrons. The van der Waals surface area contributed by atoms with Crippen LogP contribution in [0.3, 0.4) is 0 Å². The van der Waals surface area contributed by atoms with Gasteiger partial charge in [0.25, 0.3) is 0 Å². The Labute approximate surface area is 110 Å². The van der Waals surface area contributed by atoms with E-state index in [-0.39, 0.29) is 23.3 Å². The molecule has 0 aromatic carbocycles. The van der Waals surface area contributed by atoms with Gasteiger partial charge in [0.15, 0.2) is 0 Å². The Morgan fingerprint density at radius 1 is 1.28 bits per heavy atom. The molecule has 102 valence electrons. The Bertz CT molecular complexity index is 361. The number of carbonyl (C=O) groups is 1. The highest BCUT2D eigenvalue weighted by molar-refractivity contribution is 5.84. The highest BCUT2D eigenvalue weighted by Gasteiger charge is 2.61. The lowest BCUT2D eigenvalue weighted by Gasteiger charge is -2.30. The number of aliphatic hydroxyl groups is 1. The number of allylic oxidation sites excluding steroid dienone is 2. The van der Waals surface area contributed by atoms with Crippen LogP contribution in [0.25, 0.3) is 0 Å². The lowest BCUT2D eigenvalue weighted by atomic mass is 10.1. The van der Waals surface area contributed by atoms with Crippen LogP contribution in [0.2, 0.25) is 0 Å². The van der Waals surface area contributed by atoms with Crippen molar-refractivity contribution in [2.45, 2.75) is 46.6 Å². The Kier molecular flexibility index (Phi) is 3.54. The Morgan fingerprint density at radius 2 is 1.83 bits per heavy atom. The normalized spacial score (nSPS) is 31.1. The number of aliphatic hydroxyl groups excluding tert-OH is 1. The first-order valence-electron chi connectivity index (χ1n) is 6.96. The maximum absolute atomic E-state index is 12.5. The summed E-state index contributed by atoms with van der Waals surface area (Å²) in [5.41, 5.74) is 1.39. The molecule has 1 saturated carbocycles. The number of piperidine rings is 1. The molecule has 3 heteroatoms. The molecule has 1 N–H and O–H groups in total. The average molecular weight is 251 g/mol. The van der Waals surface area contributed by atoms with Crippen LogP contribution in [0.1, 0.15) is 40.5 Å². The third-order valence-corrected chi connectivity index (χ3v) is 4.47. The van der Waals surface area contributed by atoms with Crippen LogP contribution in [-0.4, -0.2) is 35.1 Å². The number of nitrogens with zero attached hydrogens (tertiary/aromatic N) is 1. The van der Waals surface area contributed by atoms with Crippen LogP contribution in [0.4, 0.5) is 0 Å². The molecule has 1 aliphatic carbocycles. The van der Waals surface area contributed by atoms with E-state index in [1.807, 2.05) is 4.90 Å². The predicted octanol–water partition coefficient (Wildman–Crippen LogP) is 2.21. The third-order valence-electron chi connectivity index (χ3n) is 4.47. The molecular weight excluding hydrogens is 226 g/mol. The van der Waals surface area contributed by atoms with Crippen LogP contribution in [0.5, 0.6) is 0 Å². The molecule has 0 spiro atoms. The van der Waals surface area contributed by atoms with Crippen molar-refractivity contribution in [1.29, 1.82) is 0 Å². The van der Waals surface area contributed by atoms with Gasteiger partial charge in [0.05, 0.1) is 12.0 Å². The van der Waals surface area contributed by atoms with Gasteiger partial charge in [0, 0.05) is 13.1 Å². The zero-order valence-electron chi connectivity index (χ0n) is 11.9. The molecule has 0 bridgehead atoms. The quantitative estimate of drug-likeness (QED) is 0.764. The maximum atomic E-state index is 12.5. The molecule has 3 nitrogen and oxygen atoms in total. The van der Waals surface area contributed by atoms with Gasteiger partial charge >= 0.3 is 0 Å². The molecule has 2 atom stereocenters. The van der Waals surface area contributed by atoms with Gasteiger partial charge in [-0.2, -0.15) is 0 Å². The van der Waals surface area contributed by atoms with E-state index < -0.39 is 0 Å². The van der Waals surface area contributed by atoms with Gasteiger partial charge in [-0.25, -0.2) is 0 Å². The second-order valence-electron chi connectivity index (χ2n) is 6.63. The van der Waals surface area contributed by atoms with E-state index in [1.54, 1.807) is 0 Å². The molecule has 2 aliphatic rings. The molecule has 0 aromatic heterocycles. The van der Waals surface area contributed by atoms with Crippen molar-refractivity contribution in [1.82, 2.24) is 4.90 Å². The van der Waals surface area contributed by atoms with Crippen molar-refractivity contribution in [3.63, 3.8) is 0 Å². The minimum absolute atomic E-state index is 0.102. The number of hydrogen-bond donors (Lipinski definition) is 1. The molecule has 1 aliphatic heterocycles. The van der Waals surface area contributed by atoms with Crippen molar-refractivity contribution < 1.29 is 9.90 Å². The predicted molar refractivity (Wildman–Crippen MR) is 72.0 cm³/mol. The molecule has 2 rings (SSSR count). The number of amides is 1. The first kappa shape index (κ1) is 13.6. The van der Waals surface area contributed by atoms with Crippen LogP contribution in [0.15, 0.2) is 11.6 Å². The summed E-state index contributed by atoms with van der Waals surface area (Å²) in [5, 5.41) is 9.49. The van der Waals surface area contributed by atoms with Gasteiger partial charge in [-0.05, 0) is 38.0 Å². The van der Waals surface area contributed by atoms with E-state index in [0.717, 1.165) is 12.8 Å². The first-order chi connectivity index (χ1) is 8.34. The molecule has 18 heavy (non-hydrogen) atoms. The highest BCUT2D eigenvalue weighted by atomic mass is 16.3. The number of likely N-dealkylation sites (tertiary alicyclic amines) is 1. The Hall–Kier alpha value is -0.830. The van der Waals surface area contributed by atoms with Gasteiger partial charge in [0.2, 0.25) is 5.91 Å². The fourth-order valence-electron chi connectivity index (χ4n) is 3.10. The summed E-state index contributed by atoms with van der Waals surface area (Å²) in [6, 6.07) is 0. The van der Waals surface area contributed by atoms with Crippen LogP contribution < -0.4 is 0 Å². The van der Waals surface area contributed by atoms with E-state index in [4.69, 9.17) is 0 Å². The van der Waals surface area contributed by atoms with Gasteiger partial charge in [-0.15, -0.1) is 0 Å². The van der Waals surface area contributed by atoms with E-state index in [9.17, 15) is 9.90 Å². The molecular formula is C15H25NO2. The monoisotopic (exact) mass is 251 g/mol. The van der Waals surface area contributed by atoms with E-state index in [0.29, 0.717) is 19.0 Å². The van der Waals surface area contributed by atoms with Crippen LogP contribution in [0, 0.1) is 17.3 Å². The van der Waals surface area contributed by atoms with Crippen molar-refractivity contribution in [3.05, 3.63) is 11.6 Å². The molecule has 0 aromatic rings. The van der Waals surface area contributed by atoms with E-state index in [1.165, 1.54) is 5.57 Å². The van der Waals surface area contributed by atoms with E-state index in [2.05, 4.69) is 33.8 Å². The Balaban J connectivity index is 2.00. The van der Waals surface area contributed by atoms with Crippen molar-refractivity contribution in [3.8, 4) is 0 Å². The molecule has 2 unspecified atom stereocenters. The summed E-state index contributed by atoms with van der Waals surface area (Å²) in [4.78, 5) is 14.4. The summed E-state index contributed by atoms with van der Waals surface area (Å²) in [5.74, 6) is 0.818. The number of hydrogen-bond acceptors (Lipinski definition) is 2. The SMILES string of the molecule is CC(C)=CC1C(C(=O)N2CCC(O)CC2)C1(C)C. The van der Waals surface area contributed by atoms with Gasteiger partial charge in [0.1, 0.15) is 0 Å². The van der Waals surface area contributed by atoms with Crippen molar-refractivity contribution in [2.24, 2.45) is 17.3 Å². The highest BCUT2D eigenvalue weighted by Crippen LogP contribution is 2.60. The fourth-order valence-corrected chi connectivity index (χ4v) is 3.10. The average Bonchev–Trinajstić information content (AvgIpc) is 2.79. The third kappa shape index (κ3) is 2.46. The first-order valence-corrected chi connectivity index (χ1v) is 6.96. The number of rotatable bonds is 2. The zero-order chi connectivity index (χ0) is 13.5. The second-order valence-corrected chi connectivity index (χ2v) is 6.63. The fraction of sp³-hybridized carbons (Fsp3) is 0.800. The second kappa shape index (κ2) is 4.69. The summed E-state index contributed by atoms with van der Waals surface area (Å²) in [6.45, 7) is 9.97. The van der Waals surface area contributed by atoms with Crippen molar-refractivity contribution in [2.75, 3.05) is 13.1 Å². The lowest BCUT2D eigenvalue weighted by Crippen LogP contribution is -2.41. The molecule has 2 fully saturated rings. The molecule has 1 saturated heterocycles. The standard InChI is InChI=1S/C15H25NO2/c1-10(2)9-12-13(15(12,3)4)14(18)16-7-5-11(17)6-8-16/h9,11-13,17H,5-8H2,1-4H3. The smallest absolute Gasteiger partial charge is 0.226 e. The Morgan fingerprint density at radius 3 is 2.33 bits per heavy atom. The summed E-state index contributed by atoms with van der Waals surface area (Å²) in [7, 11) is 0. The largest absolute Gasteiger partial charge is 0.393 e. The minimum Gasteiger partial charge on any atom is -0.393 e. The van der Waals surface area contributed by atoms with Crippen LogP contribution >= 0.6 is 0 Å². The number of carbonyl (C=O) groups excluding carboxylic acids is 1. The van der Waals surface area contributed by atoms with Crippen molar-refractivity contribution >= 4 is 5.91 Å². The maximum Gasteiger partial charge on any atom is 0.226 e.